The average Bonchev–Trinajstić information content (AvgIpc) is 3.01. The first kappa shape index (κ1) is 24.8. The second-order valence-electron chi connectivity index (χ2n) is 9.12. The van der Waals surface area contributed by atoms with E-state index in [2.05, 4.69) is 26.1 Å². The van der Waals surface area contributed by atoms with E-state index < -0.39 is 18.0 Å². The molecule has 0 saturated carbocycles. The van der Waals surface area contributed by atoms with Crippen molar-refractivity contribution in [3.63, 3.8) is 0 Å². The van der Waals surface area contributed by atoms with Crippen LogP contribution in [0.4, 0.5) is 5.69 Å². The zero-order valence-corrected chi connectivity index (χ0v) is 20.4. The van der Waals surface area contributed by atoms with Gasteiger partial charge in [0.15, 0.2) is 12.7 Å². The number of para-hydroxylation sites is 1. The maximum atomic E-state index is 12.9. The lowest BCUT2D eigenvalue weighted by atomic mass is 9.87. The summed E-state index contributed by atoms with van der Waals surface area (Å²) in [5, 5.41) is 2.60. The van der Waals surface area contributed by atoms with Gasteiger partial charge in [-0.1, -0.05) is 51.1 Å². The van der Waals surface area contributed by atoms with E-state index in [0.717, 1.165) is 5.56 Å². The summed E-state index contributed by atoms with van der Waals surface area (Å²) in [5.74, 6) is -0.758. The predicted molar refractivity (Wildman–Crippen MR) is 131 cm³/mol. The molecule has 1 heterocycles. The third-order valence-corrected chi connectivity index (χ3v) is 5.56. The topological polar surface area (TPSA) is 91.6 Å². The highest BCUT2D eigenvalue weighted by molar-refractivity contribution is 5.95. The molecule has 1 aromatic heterocycles. The number of rotatable bonds is 7. The number of esters is 1. The highest BCUT2D eigenvalue weighted by Crippen LogP contribution is 2.24. The Kier molecular flexibility index (Phi) is 7.29. The number of amides is 1. The lowest BCUT2D eigenvalue weighted by molar-refractivity contribution is -0.155. The molecule has 0 bridgehead atoms. The van der Waals surface area contributed by atoms with E-state index in [4.69, 9.17) is 9.47 Å². The molecule has 0 spiro atoms. The molecule has 0 fully saturated rings. The van der Waals surface area contributed by atoms with Gasteiger partial charge in [0.1, 0.15) is 11.4 Å². The van der Waals surface area contributed by atoms with Gasteiger partial charge in [-0.15, -0.1) is 0 Å². The molecule has 1 atom stereocenters. The van der Waals surface area contributed by atoms with E-state index >= 15 is 0 Å². The van der Waals surface area contributed by atoms with E-state index in [1.54, 1.807) is 42.9 Å². The lowest BCUT2D eigenvalue weighted by Gasteiger charge is -2.19. The van der Waals surface area contributed by atoms with Crippen LogP contribution in [0.15, 0.2) is 59.4 Å². The van der Waals surface area contributed by atoms with Gasteiger partial charge >= 0.3 is 5.97 Å². The van der Waals surface area contributed by atoms with Crippen LogP contribution in [0.3, 0.4) is 0 Å². The number of carbonyl (C=O) groups excluding carboxylic acids is 2. The first-order valence-corrected chi connectivity index (χ1v) is 11.1. The number of ether oxygens (including phenoxy) is 2. The molecule has 3 rings (SSSR count). The molecule has 0 aliphatic rings. The minimum Gasteiger partial charge on any atom is -0.482 e. The van der Waals surface area contributed by atoms with Crippen molar-refractivity contribution in [3.05, 3.63) is 76.2 Å². The molecule has 0 radical (unpaired) electrons. The molecule has 8 heteroatoms. The molecule has 1 N–H and O–H groups in total. The van der Waals surface area contributed by atoms with Gasteiger partial charge in [0.25, 0.3) is 11.5 Å². The summed E-state index contributed by atoms with van der Waals surface area (Å²) in [6, 6.07) is 16.6. The summed E-state index contributed by atoms with van der Waals surface area (Å²) >= 11 is 0. The zero-order chi connectivity index (χ0) is 25.0. The van der Waals surface area contributed by atoms with E-state index in [1.807, 2.05) is 30.3 Å². The van der Waals surface area contributed by atoms with Crippen molar-refractivity contribution in [1.82, 2.24) is 9.36 Å². The number of nitrogens with one attached hydrogen (secondary N) is 1. The van der Waals surface area contributed by atoms with Crippen molar-refractivity contribution in [2.24, 2.45) is 7.05 Å². The van der Waals surface area contributed by atoms with Crippen LogP contribution in [-0.4, -0.2) is 34.0 Å². The van der Waals surface area contributed by atoms with Gasteiger partial charge in [0.2, 0.25) is 0 Å². The van der Waals surface area contributed by atoms with Crippen molar-refractivity contribution in [3.8, 4) is 11.4 Å². The van der Waals surface area contributed by atoms with Crippen molar-refractivity contribution in [2.45, 2.75) is 46.1 Å². The molecule has 0 aliphatic heterocycles. The number of aromatic nitrogens is 2. The number of nitrogens with zero attached hydrogens (tertiary/aromatic N) is 2. The lowest BCUT2D eigenvalue weighted by Crippen LogP contribution is -2.33. The van der Waals surface area contributed by atoms with Crippen LogP contribution >= 0.6 is 0 Å². The van der Waals surface area contributed by atoms with E-state index in [0.29, 0.717) is 17.1 Å². The Bertz CT molecular complexity index is 1220. The Balaban J connectivity index is 1.60. The third-order valence-electron chi connectivity index (χ3n) is 5.56. The van der Waals surface area contributed by atoms with Crippen LogP contribution < -0.4 is 15.6 Å². The minimum atomic E-state index is -1.11. The van der Waals surface area contributed by atoms with Gasteiger partial charge in [-0.25, -0.2) is 9.48 Å². The van der Waals surface area contributed by atoms with Crippen molar-refractivity contribution in [2.75, 3.05) is 11.9 Å². The summed E-state index contributed by atoms with van der Waals surface area (Å²) in [6.45, 7) is 9.17. The van der Waals surface area contributed by atoms with Crippen molar-refractivity contribution in [1.29, 1.82) is 0 Å². The molecule has 0 aliphatic carbocycles. The highest BCUT2D eigenvalue weighted by Gasteiger charge is 2.23. The molecule has 34 heavy (non-hydrogen) atoms. The Morgan fingerprint density at radius 3 is 2.24 bits per heavy atom. The fraction of sp³-hybridized carbons (Fsp3) is 0.346. The SMILES string of the molecule is Cc1c(NC(=O)C(C)OC(=O)COc2ccc(C(C)(C)C)cc2)c(=O)n(-c2ccccc2)n1C. The first-order valence-electron chi connectivity index (χ1n) is 11.1. The molecule has 0 saturated heterocycles. The summed E-state index contributed by atoms with van der Waals surface area (Å²) in [5.41, 5.74) is 2.17. The van der Waals surface area contributed by atoms with E-state index in [9.17, 15) is 14.4 Å². The van der Waals surface area contributed by atoms with Crippen molar-refractivity contribution < 1.29 is 19.1 Å². The first-order chi connectivity index (χ1) is 16.0. The van der Waals surface area contributed by atoms with E-state index in [1.165, 1.54) is 11.6 Å². The Hall–Kier alpha value is -3.81. The quantitative estimate of drug-likeness (QED) is 0.537. The predicted octanol–water partition coefficient (Wildman–Crippen LogP) is 3.73. The average molecular weight is 466 g/mol. The molecular formula is C26H31N3O5. The van der Waals surface area contributed by atoms with Gasteiger partial charge in [0, 0.05) is 7.05 Å². The number of hydrogen-bond acceptors (Lipinski definition) is 5. The number of carbonyl (C=O) groups is 2. The molecule has 1 unspecified atom stereocenters. The Morgan fingerprint density at radius 2 is 1.65 bits per heavy atom. The van der Waals surface area contributed by atoms with Crippen molar-refractivity contribution >= 4 is 17.6 Å². The van der Waals surface area contributed by atoms with Crippen LogP contribution in [-0.2, 0) is 26.8 Å². The summed E-state index contributed by atoms with van der Waals surface area (Å²) in [7, 11) is 1.73. The number of hydrogen-bond donors (Lipinski definition) is 1. The van der Waals surface area contributed by atoms with Gasteiger partial charge in [-0.2, -0.15) is 0 Å². The van der Waals surface area contributed by atoms with Crippen LogP contribution in [0.1, 0.15) is 39.0 Å². The maximum absolute atomic E-state index is 12.9. The van der Waals surface area contributed by atoms with Gasteiger partial charge in [-0.3, -0.25) is 14.3 Å². The van der Waals surface area contributed by atoms with Crippen LogP contribution in [0.25, 0.3) is 5.69 Å². The molecule has 1 amide bonds. The normalized spacial score (nSPS) is 12.2. The van der Waals surface area contributed by atoms with Gasteiger partial charge in [-0.05, 0) is 49.1 Å². The minimum absolute atomic E-state index is 0.0156. The number of benzene rings is 2. The third kappa shape index (κ3) is 5.57. The summed E-state index contributed by atoms with van der Waals surface area (Å²) in [4.78, 5) is 37.8. The van der Waals surface area contributed by atoms with Crippen LogP contribution in [0.5, 0.6) is 5.75 Å². The smallest absolute Gasteiger partial charge is 0.344 e. The zero-order valence-electron chi connectivity index (χ0n) is 20.4. The second kappa shape index (κ2) is 9.99. The summed E-state index contributed by atoms with van der Waals surface area (Å²) in [6.07, 6.45) is -1.11. The monoisotopic (exact) mass is 465 g/mol. The van der Waals surface area contributed by atoms with Crippen LogP contribution in [0, 0.1) is 6.92 Å². The summed E-state index contributed by atoms with van der Waals surface area (Å²) < 4.78 is 13.8. The molecule has 8 nitrogen and oxygen atoms in total. The number of anilines is 1. The Labute approximate surface area is 199 Å². The van der Waals surface area contributed by atoms with Gasteiger partial charge < -0.3 is 14.8 Å². The molecule has 2 aromatic carbocycles. The fourth-order valence-corrected chi connectivity index (χ4v) is 3.42. The molecule has 3 aromatic rings. The van der Waals surface area contributed by atoms with Gasteiger partial charge in [0.05, 0.1) is 11.4 Å². The van der Waals surface area contributed by atoms with Crippen LogP contribution in [0.2, 0.25) is 0 Å². The highest BCUT2D eigenvalue weighted by atomic mass is 16.6. The Morgan fingerprint density at radius 1 is 1.03 bits per heavy atom. The maximum Gasteiger partial charge on any atom is 0.344 e. The molecular weight excluding hydrogens is 434 g/mol. The van der Waals surface area contributed by atoms with E-state index in [-0.39, 0.29) is 23.3 Å². The fourth-order valence-electron chi connectivity index (χ4n) is 3.42. The second-order valence-corrected chi connectivity index (χ2v) is 9.12. The standard InChI is InChI=1S/C26H31N3O5/c1-17-23(25(32)29(28(17)6)20-10-8-7-9-11-20)27-24(31)18(2)34-22(30)16-33-21-14-12-19(13-15-21)26(3,4)5/h7-15,18H,16H2,1-6H3,(H,27,31). The molecule has 180 valence electrons. The largest absolute Gasteiger partial charge is 0.482 e.